The van der Waals surface area contributed by atoms with Gasteiger partial charge in [0, 0.05) is 12.3 Å². The van der Waals surface area contributed by atoms with E-state index >= 15 is 0 Å². The molecule has 348 valence electrons. The van der Waals surface area contributed by atoms with Crippen LogP contribution in [0, 0.1) is 46.3 Å². The van der Waals surface area contributed by atoms with Crippen LogP contribution in [0.5, 0.6) is 0 Å². The van der Waals surface area contributed by atoms with Crippen LogP contribution in [-0.2, 0) is 37.9 Å². The molecule has 8 fully saturated rings. The van der Waals surface area contributed by atoms with Crippen molar-refractivity contribution in [2.75, 3.05) is 13.2 Å². The third-order valence-corrected chi connectivity index (χ3v) is 17.6. The number of aliphatic hydroxyl groups excluding tert-OH is 8. The second-order valence-corrected chi connectivity index (χ2v) is 21.1. The van der Waals surface area contributed by atoms with Gasteiger partial charge in [0.15, 0.2) is 24.7 Å². The molecule has 0 unspecified atom stereocenters. The van der Waals surface area contributed by atoms with Crippen LogP contribution in [-0.4, -0.2) is 164 Å². The van der Waals surface area contributed by atoms with Crippen molar-refractivity contribution in [3.05, 3.63) is 11.6 Å². The van der Waals surface area contributed by atoms with Gasteiger partial charge in [0.25, 0.3) is 0 Å². The van der Waals surface area contributed by atoms with E-state index < -0.39 is 105 Å². The molecule has 16 nitrogen and oxygen atoms in total. The van der Waals surface area contributed by atoms with Gasteiger partial charge in [-0.1, -0.05) is 39.3 Å². The lowest BCUT2D eigenvalue weighted by Gasteiger charge is -2.58. The second kappa shape index (κ2) is 16.8. The highest BCUT2D eigenvalue weighted by molar-refractivity contribution is 5.26. The van der Waals surface area contributed by atoms with Crippen LogP contribution in [0.4, 0.5) is 0 Å². The summed E-state index contributed by atoms with van der Waals surface area (Å²) in [6.45, 7) is 12.7. The van der Waals surface area contributed by atoms with E-state index in [0.29, 0.717) is 48.3 Å². The Morgan fingerprint density at radius 3 is 1.97 bits per heavy atom. The number of hydrogen-bond donors (Lipinski definition) is 8. The van der Waals surface area contributed by atoms with Crippen LogP contribution in [0.15, 0.2) is 11.6 Å². The van der Waals surface area contributed by atoms with Crippen LogP contribution in [0.2, 0.25) is 0 Å². The molecule has 16 heteroatoms. The maximum Gasteiger partial charge on any atom is 0.187 e. The second-order valence-electron chi connectivity index (χ2n) is 21.1. The number of fused-ring (bicyclic) bond motifs is 7. The average Bonchev–Trinajstić information content (AvgIpc) is 3.69. The fourth-order valence-corrected chi connectivity index (χ4v) is 14.0. The lowest BCUT2D eigenvalue weighted by atomic mass is 9.47. The van der Waals surface area contributed by atoms with E-state index in [1.807, 2.05) is 0 Å². The van der Waals surface area contributed by atoms with Gasteiger partial charge in [-0.05, 0) is 106 Å². The number of aliphatic hydroxyl groups is 8. The molecule has 0 amide bonds. The van der Waals surface area contributed by atoms with E-state index in [4.69, 9.17) is 37.9 Å². The van der Waals surface area contributed by atoms with E-state index in [2.05, 4.69) is 33.8 Å². The topological polar surface area (TPSA) is 236 Å². The van der Waals surface area contributed by atoms with E-state index in [9.17, 15) is 40.9 Å². The third kappa shape index (κ3) is 7.42. The summed E-state index contributed by atoms with van der Waals surface area (Å²) in [5.74, 6) is 2.64. The molecule has 0 aromatic rings. The zero-order valence-electron chi connectivity index (χ0n) is 36.5. The van der Waals surface area contributed by atoms with Crippen molar-refractivity contribution >= 4 is 0 Å². The van der Waals surface area contributed by atoms with Gasteiger partial charge in [0.2, 0.25) is 0 Å². The van der Waals surface area contributed by atoms with Gasteiger partial charge < -0.3 is 78.7 Å². The van der Waals surface area contributed by atoms with Gasteiger partial charge in [-0.3, -0.25) is 0 Å². The first-order chi connectivity index (χ1) is 28.9. The lowest BCUT2D eigenvalue weighted by Crippen LogP contribution is -2.66. The molecule has 9 aliphatic rings. The molecule has 5 saturated heterocycles. The fraction of sp³-hybridized carbons (Fsp3) is 0.956. The molecule has 0 radical (unpaired) electrons. The van der Waals surface area contributed by atoms with Gasteiger partial charge >= 0.3 is 0 Å². The highest BCUT2D eigenvalue weighted by Crippen LogP contribution is 2.70. The molecule has 3 saturated carbocycles. The summed E-state index contributed by atoms with van der Waals surface area (Å²) in [4.78, 5) is 0. The molecule has 1 spiro atoms. The lowest BCUT2D eigenvalue weighted by molar-refractivity contribution is -0.388. The van der Waals surface area contributed by atoms with Gasteiger partial charge in [0.1, 0.15) is 61.0 Å². The zero-order chi connectivity index (χ0) is 43.5. The molecule has 5 heterocycles. The smallest absolute Gasteiger partial charge is 0.187 e. The number of hydrogen-bond acceptors (Lipinski definition) is 16. The van der Waals surface area contributed by atoms with E-state index in [1.165, 1.54) is 25.8 Å². The SMILES string of the molecule is C[C@@H]1CC[C@]2(OC1)O[C@H]1C[C@H]3[C@@H]4CC=C5C[C@@H](O[C@@H]6O[C@H](CO)[C@@H](O[C@@H]7O[C@@H](C)[C@H](O)[C@@H](O)[C@H]7O)[C@H](O)[C@H]6O[C@@H]6O[C@@H](C)[C@H](O)[C@@H](O)[C@H]6O)CC[C@@]5(C)[C@H]4CC[C@@]3(C)[C@H]1[C@@H]2C. The fourth-order valence-electron chi connectivity index (χ4n) is 14.0. The van der Waals surface area contributed by atoms with Crippen molar-refractivity contribution in [3.8, 4) is 0 Å². The molecular formula is C45H72O16. The quantitative estimate of drug-likeness (QED) is 0.168. The maximum absolute atomic E-state index is 12.0. The summed E-state index contributed by atoms with van der Waals surface area (Å²) in [7, 11) is 0. The monoisotopic (exact) mass is 868 g/mol. The first-order valence-electron chi connectivity index (χ1n) is 23.2. The molecule has 26 atom stereocenters. The Bertz CT molecular complexity index is 1590. The van der Waals surface area contributed by atoms with Gasteiger partial charge in [-0.2, -0.15) is 0 Å². The first-order valence-corrected chi connectivity index (χ1v) is 23.2. The predicted octanol–water partition coefficient (Wildman–Crippen LogP) is 1.24. The molecule has 0 aromatic heterocycles. The van der Waals surface area contributed by atoms with Crippen LogP contribution in [0.1, 0.15) is 99.3 Å². The predicted molar refractivity (Wildman–Crippen MR) is 213 cm³/mol. The Morgan fingerprint density at radius 2 is 1.34 bits per heavy atom. The van der Waals surface area contributed by atoms with Crippen molar-refractivity contribution in [1.29, 1.82) is 0 Å². The Kier molecular flexibility index (Phi) is 12.4. The Morgan fingerprint density at radius 1 is 0.689 bits per heavy atom. The van der Waals surface area contributed by atoms with Crippen molar-refractivity contribution in [2.45, 2.75) is 209 Å². The van der Waals surface area contributed by atoms with Crippen molar-refractivity contribution in [1.82, 2.24) is 0 Å². The average molecular weight is 869 g/mol. The van der Waals surface area contributed by atoms with Gasteiger partial charge in [-0.25, -0.2) is 0 Å². The summed E-state index contributed by atoms with van der Waals surface area (Å²) in [6, 6.07) is 0. The maximum atomic E-state index is 12.0. The zero-order valence-corrected chi connectivity index (χ0v) is 36.5. The molecule has 9 rings (SSSR count). The Labute approximate surface area is 358 Å². The van der Waals surface area contributed by atoms with Crippen molar-refractivity contribution in [3.63, 3.8) is 0 Å². The summed E-state index contributed by atoms with van der Waals surface area (Å²) in [5.41, 5.74) is 1.53. The normalized spacial score (nSPS) is 58.4. The summed E-state index contributed by atoms with van der Waals surface area (Å²) < 4.78 is 50.1. The molecule has 4 aliphatic carbocycles. The van der Waals surface area contributed by atoms with Crippen molar-refractivity contribution in [2.24, 2.45) is 46.3 Å². The molecular weight excluding hydrogens is 796 g/mol. The van der Waals surface area contributed by atoms with Gasteiger partial charge in [0.05, 0.1) is 37.6 Å². The van der Waals surface area contributed by atoms with Crippen LogP contribution < -0.4 is 0 Å². The molecule has 61 heavy (non-hydrogen) atoms. The molecule has 0 bridgehead atoms. The molecule has 8 N–H and O–H groups in total. The minimum atomic E-state index is -1.71. The summed E-state index contributed by atoms with van der Waals surface area (Å²) >= 11 is 0. The molecule has 5 aliphatic heterocycles. The number of rotatable bonds is 7. The van der Waals surface area contributed by atoms with Gasteiger partial charge in [-0.15, -0.1) is 0 Å². The van der Waals surface area contributed by atoms with E-state index in [1.54, 1.807) is 0 Å². The standard InChI is InChI=1S/C45H72O16/c1-19-9-14-45(54-18-19)20(2)30-28(61-45)16-27-25-8-7-23-15-24(10-12-43(23,5)26(25)11-13-44(27,30)6)57-42-39(60-41-36(52)34(50)32(48)22(4)56-41)37(53)38(29(17-46)58-42)59-40-35(51)33(49)31(47)21(3)55-40/h7,19-22,24-42,46-53H,8-18H2,1-6H3/t19-,20+,21+,22+,24+,25-,26+,27+,28+,29-,30+,31+,32+,33-,34-,35-,36-,37+,38-,39-,40+,41+,42-,43-,44-,45+/m1/s1. The number of allylic oxidation sites excluding steroid dienone is 1. The largest absolute Gasteiger partial charge is 0.394 e. The summed E-state index contributed by atoms with van der Waals surface area (Å²) in [6.07, 6.45) is -10.4. The van der Waals surface area contributed by atoms with Crippen LogP contribution in [0.25, 0.3) is 0 Å². The highest BCUT2D eigenvalue weighted by Gasteiger charge is 2.69. The minimum Gasteiger partial charge on any atom is -0.394 e. The van der Waals surface area contributed by atoms with Crippen molar-refractivity contribution < 1.29 is 78.7 Å². The number of ether oxygens (including phenoxy) is 8. The van der Waals surface area contributed by atoms with Crippen LogP contribution in [0.3, 0.4) is 0 Å². The van der Waals surface area contributed by atoms with Crippen LogP contribution >= 0.6 is 0 Å². The Hall–Kier alpha value is -0.900. The highest BCUT2D eigenvalue weighted by atomic mass is 16.8. The summed E-state index contributed by atoms with van der Waals surface area (Å²) in [5, 5.41) is 85.9. The van der Waals surface area contributed by atoms with E-state index in [-0.39, 0.29) is 23.0 Å². The van der Waals surface area contributed by atoms with E-state index in [0.717, 1.165) is 45.1 Å². The minimum absolute atomic E-state index is 0.0171. The molecule has 0 aromatic carbocycles. The first kappa shape index (κ1) is 45.3. The third-order valence-electron chi connectivity index (χ3n) is 17.6. The Balaban J connectivity index is 0.916.